The van der Waals surface area contributed by atoms with Crippen molar-refractivity contribution >= 4 is 5.97 Å². The third-order valence-electron chi connectivity index (χ3n) is 3.30. The average Bonchev–Trinajstić information content (AvgIpc) is 2.17. The summed E-state index contributed by atoms with van der Waals surface area (Å²) in [5.74, 6) is -0.967. The van der Waals surface area contributed by atoms with E-state index in [0.29, 0.717) is 5.56 Å². The fourth-order valence-corrected chi connectivity index (χ4v) is 2.21. The number of carbonyl (C=O) groups is 1. The molecule has 0 bridgehead atoms. The van der Waals surface area contributed by atoms with E-state index in [1.54, 1.807) is 24.3 Å². The van der Waals surface area contributed by atoms with E-state index < -0.39 is 18.1 Å². The Bertz CT molecular complexity index is 377. The largest absolute Gasteiger partial charge is 0.478 e. The van der Waals surface area contributed by atoms with Gasteiger partial charge >= 0.3 is 5.97 Å². The van der Waals surface area contributed by atoms with E-state index in [9.17, 15) is 9.18 Å². The molecule has 0 aliphatic heterocycles. The SMILES string of the molecule is O=C(O)c1ccccc1C1(CF)CCC1. The van der Waals surface area contributed by atoms with Gasteiger partial charge in [0.05, 0.1) is 12.2 Å². The maximum absolute atomic E-state index is 13.0. The summed E-state index contributed by atoms with van der Waals surface area (Å²) < 4.78 is 13.0. The van der Waals surface area contributed by atoms with Gasteiger partial charge in [-0.1, -0.05) is 24.6 Å². The highest BCUT2D eigenvalue weighted by molar-refractivity contribution is 5.90. The van der Waals surface area contributed by atoms with Gasteiger partial charge in [-0.05, 0) is 24.5 Å². The lowest BCUT2D eigenvalue weighted by Gasteiger charge is -2.40. The number of halogens is 1. The molecule has 0 aromatic heterocycles. The van der Waals surface area contributed by atoms with Crippen molar-refractivity contribution in [2.45, 2.75) is 24.7 Å². The van der Waals surface area contributed by atoms with Gasteiger partial charge < -0.3 is 5.11 Å². The summed E-state index contributed by atoms with van der Waals surface area (Å²) in [4.78, 5) is 11.0. The molecule has 15 heavy (non-hydrogen) atoms. The number of benzene rings is 1. The first kappa shape index (κ1) is 10.1. The Morgan fingerprint density at radius 3 is 2.53 bits per heavy atom. The van der Waals surface area contributed by atoms with Gasteiger partial charge in [-0.25, -0.2) is 4.79 Å². The second kappa shape index (κ2) is 3.65. The zero-order chi connectivity index (χ0) is 10.9. The van der Waals surface area contributed by atoms with Crippen LogP contribution in [0.3, 0.4) is 0 Å². The van der Waals surface area contributed by atoms with Crippen LogP contribution in [0.5, 0.6) is 0 Å². The molecule has 3 heteroatoms. The summed E-state index contributed by atoms with van der Waals surface area (Å²) in [6, 6.07) is 6.74. The van der Waals surface area contributed by atoms with Crippen LogP contribution in [0.1, 0.15) is 35.2 Å². The maximum Gasteiger partial charge on any atom is 0.335 e. The van der Waals surface area contributed by atoms with Gasteiger partial charge in [0.25, 0.3) is 0 Å². The van der Waals surface area contributed by atoms with Crippen LogP contribution in [0.2, 0.25) is 0 Å². The van der Waals surface area contributed by atoms with Crippen LogP contribution in [0.25, 0.3) is 0 Å². The summed E-state index contributed by atoms with van der Waals surface area (Å²) in [5, 5.41) is 9.02. The number of aromatic carboxylic acids is 1. The maximum atomic E-state index is 13.0. The molecular formula is C12H13FO2. The summed E-state index contributed by atoms with van der Waals surface area (Å²) in [6.45, 7) is -0.461. The first-order valence-electron chi connectivity index (χ1n) is 5.08. The van der Waals surface area contributed by atoms with E-state index in [1.165, 1.54) is 0 Å². The van der Waals surface area contributed by atoms with Crippen molar-refractivity contribution in [3.05, 3.63) is 35.4 Å². The van der Waals surface area contributed by atoms with Crippen LogP contribution in [-0.2, 0) is 5.41 Å². The lowest BCUT2D eigenvalue weighted by molar-refractivity contribution is 0.0689. The lowest BCUT2D eigenvalue weighted by atomic mass is 9.64. The van der Waals surface area contributed by atoms with Gasteiger partial charge in [0.15, 0.2) is 0 Å². The van der Waals surface area contributed by atoms with Crippen molar-refractivity contribution in [1.82, 2.24) is 0 Å². The molecular weight excluding hydrogens is 195 g/mol. The minimum absolute atomic E-state index is 0.245. The first-order chi connectivity index (χ1) is 7.19. The molecule has 1 aromatic rings. The predicted octanol–water partition coefficient (Wildman–Crippen LogP) is 2.78. The molecule has 0 amide bonds. The van der Waals surface area contributed by atoms with Crippen LogP contribution in [-0.4, -0.2) is 17.8 Å². The van der Waals surface area contributed by atoms with Crippen molar-refractivity contribution in [3.8, 4) is 0 Å². The van der Waals surface area contributed by atoms with E-state index in [1.807, 2.05) is 0 Å². The normalized spacial score (nSPS) is 18.2. The molecule has 1 aromatic carbocycles. The van der Waals surface area contributed by atoms with E-state index in [-0.39, 0.29) is 5.56 Å². The second-order valence-electron chi connectivity index (χ2n) is 4.12. The van der Waals surface area contributed by atoms with E-state index in [0.717, 1.165) is 19.3 Å². The molecule has 0 unspecified atom stereocenters. The summed E-state index contributed by atoms with van der Waals surface area (Å²) >= 11 is 0. The molecule has 1 fully saturated rings. The molecule has 2 rings (SSSR count). The molecule has 0 atom stereocenters. The molecule has 1 aliphatic rings. The van der Waals surface area contributed by atoms with Gasteiger partial charge in [-0.3, -0.25) is 4.39 Å². The number of rotatable bonds is 3. The number of hydrogen-bond donors (Lipinski definition) is 1. The second-order valence-corrected chi connectivity index (χ2v) is 4.12. The molecule has 0 heterocycles. The highest BCUT2D eigenvalue weighted by Crippen LogP contribution is 2.45. The average molecular weight is 208 g/mol. The molecule has 0 saturated heterocycles. The molecule has 80 valence electrons. The van der Waals surface area contributed by atoms with Gasteiger partial charge in [0.1, 0.15) is 0 Å². The monoisotopic (exact) mass is 208 g/mol. The van der Waals surface area contributed by atoms with Gasteiger partial charge in [-0.15, -0.1) is 0 Å². The fourth-order valence-electron chi connectivity index (χ4n) is 2.21. The smallest absolute Gasteiger partial charge is 0.335 e. The standard InChI is InChI=1S/C12H13FO2/c13-8-12(6-3-7-12)10-5-2-1-4-9(10)11(14)15/h1-2,4-5H,3,6-8H2,(H,14,15). The minimum Gasteiger partial charge on any atom is -0.478 e. The van der Waals surface area contributed by atoms with Crippen molar-refractivity contribution in [3.63, 3.8) is 0 Å². The van der Waals surface area contributed by atoms with Crippen LogP contribution in [0.15, 0.2) is 24.3 Å². The van der Waals surface area contributed by atoms with Crippen molar-refractivity contribution in [1.29, 1.82) is 0 Å². The molecule has 0 spiro atoms. The van der Waals surface area contributed by atoms with Crippen molar-refractivity contribution in [2.75, 3.05) is 6.67 Å². The van der Waals surface area contributed by atoms with E-state index in [4.69, 9.17) is 5.11 Å². The molecule has 0 radical (unpaired) electrons. The minimum atomic E-state index is -0.967. The molecule has 2 nitrogen and oxygen atoms in total. The number of alkyl halides is 1. The Kier molecular flexibility index (Phi) is 2.47. The van der Waals surface area contributed by atoms with Crippen molar-refractivity contribution in [2.24, 2.45) is 0 Å². The Morgan fingerprint density at radius 1 is 1.40 bits per heavy atom. The summed E-state index contributed by atoms with van der Waals surface area (Å²) in [6.07, 6.45) is 2.50. The molecule has 1 saturated carbocycles. The highest BCUT2D eigenvalue weighted by Gasteiger charge is 2.41. The Hall–Kier alpha value is -1.38. The summed E-state index contributed by atoms with van der Waals surface area (Å²) in [5.41, 5.74) is 0.385. The van der Waals surface area contributed by atoms with E-state index in [2.05, 4.69) is 0 Å². The quantitative estimate of drug-likeness (QED) is 0.829. The topological polar surface area (TPSA) is 37.3 Å². The van der Waals surface area contributed by atoms with Crippen LogP contribution in [0, 0.1) is 0 Å². The third kappa shape index (κ3) is 1.52. The van der Waals surface area contributed by atoms with Crippen LogP contribution >= 0.6 is 0 Å². The third-order valence-corrected chi connectivity index (χ3v) is 3.30. The van der Waals surface area contributed by atoms with Crippen LogP contribution in [0.4, 0.5) is 4.39 Å². The van der Waals surface area contributed by atoms with Gasteiger partial charge in [-0.2, -0.15) is 0 Å². The highest BCUT2D eigenvalue weighted by atomic mass is 19.1. The fraction of sp³-hybridized carbons (Fsp3) is 0.417. The predicted molar refractivity (Wildman–Crippen MR) is 54.9 cm³/mol. The lowest BCUT2D eigenvalue weighted by Crippen LogP contribution is -2.37. The zero-order valence-electron chi connectivity index (χ0n) is 8.37. The first-order valence-corrected chi connectivity index (χ1v) is 5.08. The van der Waals surface area contributed by atoms with Crippen molar-refractivity contribution < 1.29 is 14.3 Å². The summed E-state index contributed by atoms with van der Waals surface area (Å²) in [7, 11) is 0. The van der Waals surface area contributed by atoms with E-state index >= 15 is 0 Å². The Morgan fingerprint density at radius 2 is 2.07 bits per heavy atom. The number of carboxylic acid groups (broad SMARTS) is 1. The number of carboxylic acids is 1. The molecule has 1 N–H and O–H groups in total. The van der Waals surface area contributed by atoms with Crippen LogP contribution < -0.4 is 0 Å². The molecule has 1 aliphatic carbocycles. The zero-order valence-corrected chi connectivity index (χ0v) is 8.37. The number of hydrogen-bond acceptors (Lipinski definition) is 1. The Labute approximate surface area is 87.7 Å². The van der Waals surface area contributed by atoms with Gasteiger partial charge in [0, 0.05) is 5.41 Å². The van der Waals surface area contributed by atoms with Gasteiger partial charge in [0.2, 0.25) is 0 Å². The Balaban J connectivity index is 2.46.